The number of fused-ring (bicyclic) bond motifs is 1. The summed E-state index contributed by atoms with van der Waals surface area (Å²) in [5.41, 5.74) is 4.28. The summed E-state index contributed by atoms with van der Waals surface area (Å²) in [5, 5.41) is 4.24. The van der Waals surface area contributed by atoms with E-state index in [-0.39, 0.29) is 5.82 Å². The maximum absolute atomic E-state index is 13.0. The van der Waals surface area contributed by atoms with Gasteiger partial charge >= 0.3 is 0 Å². The number of rotatable bonds is 6. The summed E-state index contributed by atoms with van der Waals surface area (Å²) in [6.45, 7) is 10.4. The van der Waals surface area contributed by atoms with Gasteiger partial charge in [0, 0.05) is 35.7 Å². The molecule has 0 radical (unpaired) electrons. The average molecular weight is 363 g/mol. The third-order valence-corrected chi connectivity index (χ3v) is 4.82. The van der Waals surface area contributed by atoms with Crippen LogP contribution in [0.4, 0.5) is 10.1 Å². The molecule has 3 nitrogen and oxygen atoms in total. The molecule has 3 rings (SSSR count). The van der Waals surface area contributed by atoms with Crippen molar-refractivity contribution in [3.8, 4) is 12.0 Å². The number of nitrogens with zero attached hydrogens (tertiary/aromatic N) is 2. The number of hydrogen-bond donors (Lipinski definition) is 1. The Labute approximate surface area is 160 Å². The highest BCUT2D eigenvalue weighted by Crippen LogP contribution is 2.22. The fraction of sp³-hybridized carbons (Fsp3) is 0.304. The molecule has 0 aliphatic rings. The summed E-state index contributed by atoms with van der Waals surface area (Å²) < 4.78 is 15.2. The van der Waals surface area contributed by atoms with E-state index in [0.717, 1.165) is 37.6 Å². The SMILES string of the molecule is CCN(CC)Cc1ccc2c(c1)cc(C#CNc1ccc(F)cc1)n2CC. The lowest BCUT2D eigenvalue weighted by Gasteiger charge is -2.18. The number of benzene rings is 2. The van der Waals surface area contributed by atoms with Gasteiger partial charge < -0.3 is 9.88 Å². The van der Waals surface area contributed by atoms with Gasteiger partial charge in [-0.15, -0.1) is 0 Å². The van der Waals surface area contributed by atoms with Gasteiger partial charge in [-0.3, -0.25) is 4.90 Å². The van der Waals surface area contributed by atoms with Crippen molar-refractivity contribution in [3.05, 3.63) is 65.6 Å². The third kappa shape index (κ3) is 4.50. The van der Waals surface area contributed by atoms with Crippen LogP contribution in [-0.2, 0) is 13.1 Å². The van der Waals surface area contributed by atoms with Gasteiger partial charge in [-0.05, 0) is 74.0 Å². The highest BCUT2D eigenvalue weighted by Gasteiger charge is 2.08. The Hall–Kier alpha value is -2.77. The summed E-state index contributed by atoms with van der Waals surface area (Å²) in [6, 6.07) is 18.0. The lowest BCUT2D eigenvalue weighted by Crippen LogP contribution is -2.21. The van der Waals surface area contributed by atoms with Gasteiger partial charge in [-0.2, -0.15) is 0 Å². The topological polar surface area (TPSA) is 20.2 Å². The number of aromatic nitrogens is 1. The quantitative estimate of drug-likeness (QED) is 0.488. The summed E-state index contributed by atoms with van der Waals surface area (Å²) in [7, 11) is 0. The van der Waals surface area contributed by atoms with Gasteiger partial charge in [0.25, 0.3) is 0 Å². The molecule has 1 N–H and O–H groups in total. The molecule has 0 saturated carbocycles. The van der Waals surface area contributed by atoms with E-state index in [0.29, 0.717) is 0 Å². The van der Waals surface area contributed by atoms with Gasteiger partial charge in [-0.25, -0.2) is 4.39 Å². The normalized spacial score (nSPS) is 10.9. The molecule has 0 spiro atoms. The van der Waals surface area contributed by atoms with E-state index in [1.54, 1.807) is 12.1 Å². The zero-order valence-corrected chi connectivity index (χ0v) is 16.2. The molecule has 3 aromatic rings. The van der Waals surface area contributed by atoms with Crippen molar-refractivity contribution in [1.29, 1.82) is 0 Å². The van der Waals surface area contributed by atoms with Gasteiger partial charge in [0.1, 0.15) is 5.82 Å². The largest absolute Gasteiger partial charge is 0.334 e. The van der Waals surface area contributed by atoms with E-state index in [2.05, 4.69) is 71.8 Å². The molecule has 0 fully saturated rings. The van der Waals surface area contributed by atoms with E-state index in [9.17, 15) is 4.39 Å². The summed E-state index contributed by atoms with van der Waals surface area (Å²) >= 11 is 0. The Morgan fingerprint density at radius 2 is 1.74 bits per heavy atom. The Bertz CT molecular complexity index is 957. The van der Waals surface area contributed by atoms with Crippen LogP contribution < -0.4 is 5.32 Å². The first-order valence-electron chi connectivity index (χ1n) is 9.51. The molecule has 2 aromatic carbocycles. The monoisotopic (exact) mass is 363 g/mol. The highest BCUT2D eigenvalue weighted by molar-refractivity contribution is 5.83. The smallest absolute Gasteiger partial charge is 0.123 e. The van der Waals surface area contributed by atoms with Crippen LogP contribution in [0.15, 0.2) is 48.5 Å². The van der Waals surface area contributed by atoms with Crippen molar-refractivity contribution in [2.24, 2.45) is 0 Å². The maximum atomic E-state index is 13.0. The average Bonchev–Trinajstić information content (AvgIpc) is 3.04. The number of aryl methyl sites for hydroxylation is 1. The molecule has 27 heavy (non-hydrogen) atoms. The molecule has 0 aliphatic carbocycles. The number of hydrogen-bond acceptors (Lipinski definition) is 2. The zero-order valence-electron chi connectivity index (χ0n) is 16.2. The molecule has 0 unspecified atom stereocenters. The van der Waals surface area contributed by atoms with Crippen molar-refractivity contribution in [2.75, 3.05) is 18.4 Å². The van der Waals surface area contributed by atoms with E-state index >= 15 is 0 Å². The molecule has 140 valence electrons. The van der Waals surface area contributed by atoms with Crippen molar-refractivity contribution < 1.29 is 4.39 Å². The third-order valence-electron chi connectivity index (χ3n) is 4.82. The minimum Gasteiger partial charge on any atom is -0.334 e. The molecule has 0 amide bonds. The lowest BCUT2D eigenvalue weighted by molar-refractivity contribution is 0.296. The second-order valence-electron chi connectivity index (χ2n) is 6.51. The first kappa shape index (κ1) is 19.0. The number of halogens is 1. The molecular formula is C23H26FN3. The van der Waals surface area contributed by atoms with Gasteiger partial charge in [0.15, 0.2) is 0 Å². The first-order chi connectivity index (χ1) is 13.1. The fourth-order valence-corrected chi connectivity index (χ4v) is 3.27. The fourth-order valence-electron chi connectivity index (χ4n) is 3.27. The van der Waals surface area contributed by atoms with E-state index in [1.807, 2.05) is 0 Å². The Morgan fingerprint density at radius 3 is 2.41 bits per heavy atom. The van der Waals surface area contributed by atoms with Crippen molar-refractivity contribution >= 4 is 16.6 Å². The van der Waals surface area contributed by atoms with Crippen LogP contribution in [0.5, 0.6) is 0 Å². The van der Waals surface area contributed by atoms with Crippen molar-refractivity contribution in [3.63, 3.8) is 0 Å². The van der Waals surface area contributed by atoms with Crippen LogP contribution in [0.25, 0.3) is 10.9 Å². The second kappa shape index (κ2) is 8.75. The van der Waals surface area contributed by atoms with Crippen LogP contribution in [-0.4, -0.2) is 22.6 Å². The van der Waals surface area contributed by atoms with E-state index < -0.39 is 0 Å². The van der Waals surface area contributed by atoms with Crippen LogP contribution >= 0.6 is 0 Å². The number of anilines is 1. The Balaban J connectivity index is 1.85. The van der Waals surface area contributed by atoms with Gasteiger partial charge in [-0.1, -0.05) is 19.9 Å². The van der Waals surface area contributed by atoms with E-state index in [1.165, 1.54) is 28.6 Å². The predicted molar refractivity (Wildman–Crippen MR) is 111 cm³/mol. The molecule has 1 aromatic heterocycles. The minimum atomic E-state index is -0.250. The standard InChI is InChI=1S/C23H26FN3/c1-4-26(5-2)17-18-7-12-23-19(15-18)16-22(27(23)6-3)13-14-25-21-10-8-20(24)9-11-21/h7-12,15-16,25H,4-6,17H2,1-3H3. The van der Waals surface area contributed by atoms with Crippen molar-refractivity contribution in [2.45, 2.75) is 33.9 Å². The lowest BCUT2D eigenvalue weighted by atomic mass is 10.1. The zero-order chi connectivity index (χ0) is 19.2. The Morgan fingerprint density at radius 1 is 1.00 bits per heavy atom. The van der Waals surface area contributed by atoms with Gasteiger partial charge in [0.05, 0.1) is 5.69 Å². The summed E-state index contributed by atoms with van der Waals surface area (Å²) in [4.78, 5) is 2.41. The number of nitrogens with one attached hydrogen (secondary N) is 1. The molecule has 0 saturated heterocycles. The van der Waals surface area contributed by atoms with Crippen LogP contribution in [0.2, 0.25) is 0 Å². The van der Waals surface area contributed by atoms with Crippen LogP contribution in [0, 0.1) is 17.8 Å². The minimum absolute atomic E-state index is 0.250. The molecule has 0 aliphatic heterocycles. The second-order valence-corrected chi connectivity index (χ2v) is 6.51. The van der Waals surface area contributed by atoms with Crippen molar-refractivity contribution in [1.82, 2.24) is 9.47 Å². The molecular weight excluding hydrogens is 337 g/mol. The van der Waals surface area contributed by atoms with Crippen LogP contribution in [0.3, 0.4) is 0 Å². The maximum Gasteiger partial charge on any atom is 0.123 e. The highest BCUT2D eigenvalue weighted by atomic mass is 19.1. The first-order valence-corrected chi connectivity index (χ1v) is 9.51. The van der Waals surface area contributed by atoms with E-state index in [4.69, 9.17) is 0 Å². The molecule has 0 atom stereocenters. The summed E-state index contributed by atoms with van der Waals surface area (Å²) in [5.74, 6) is 2.95. The molecule has 4 heteroatoms. The van der Waals surface area contributed by atoms with Gasteiger partial charge in [0.2, 0.25) is 0 Å². The molecule has 1 heterocycles. The molecule has 0 bridgehead atoms. The van der Waals surface area contributed by atoms with Crippen LogP contribution in [0.1, 0.15) is 32.0 Å². The summed E-state index contributed by atoms with van der Waals surface area (Å²) in [6.07, 6.45) is 0. The Kier molecular flexibility index (Phi) is 6.16. The predicted octanol–water partition coefficient (Wildman–Crippen LogP) is 5.06.